The zero-order valence-electron chi connectivity index (χ0n) is 7.13. The first kappa shape index (κ1) is 10.5. The van der Waals surface area contributed by atoms with Crippen LogP contribution in [0.3, 0.4) is 0 Å². The van der Waals surface area contributed by atoms with Crippen molar-refractivity contribution in [2.24, 2.45) is 0 Å². The highest BCUT2D eigenvalue weighted by atomic mass is 16.5. The van der Waals surface area contributed by atoms with Gasteiger partial charge >= 0.3 is 5.97 Å². The monoisotopic (exact) mass is 169 g/mol. The third kappa shape index (κ3) is 2.62. The van der Waals surface area contributed by atoms with Crippen molar-refractivity contribution in [3.8, 4) is 6.07 Å². The third-order valence-electron chi connectivity index (χ3n) is 1.24. The van der Waals surface area contributed by atoms with Gasteiger partial charge in [-0.05, 0) is 6.92 Å². The number of carboxylic acid groups (broad SMARTS) is 1. The fraction of sp³-hybridized carbons (Fsp3) is 0.500. The topological polar surface area (TPSA) is 70.3 Å². The van der Waals surface area contributed by atoms with Gasteiger partial charge in [0, 0.05) is 6.42 Å². The summed E-state index contributed by atoms with van der Waals surface area (Å²) in [6, 6.07) is 1.59. The molecule has 0 aliphatic carbocycles. The molecule has 4 nitrogen and oxygen atoms in total. The molecule has 0 aliphatic rings. The van der Waals surface area contributed by atoms with Crippen LogP contribution in [0.1, 0.15) is 20.3 Å². The standard InChI is InChI=1S/C8H11NO3/c1-3-7(12-4-2)6(5-9)8(10)11/h3-4H2,1-2H3,(H,10,11)/b7-6-. The van der Waals surface area contributed by atoms with E-state index >= 15 is 0 Å². The fourth-order valence-corrected chi connectivity index (χ4v) is 0.755. The van der Waals surface area contributed by atoms with E-state index in [9.17, 15) is 4.79 Å². The van der Waals surface area contributed by atoms with Gasteiger partial charge in [-0.25, -0.2) is 4.79 Å². The Kier molecular flexibility index (Phi) is 4.54. The van der Waals surface area contributed by atoms with E-state index in [-0.39, 0.29) is 11.3 Å². The minimum atomic E-state index is -1.23. The van der Waals surface area contributed by atoms with Crippen LogP contribution in [0.5, 0.6) is 0 Å². The van der Waals surface area contributed by atoms with Crippen molar-refractivity contribution >= 4 is 5.97 Å². The van der Waals surface area contributed by atoms with Crippen molar-refractivity contribution in [1.82, 2.24) is 0 Å². The molecule has 0 fully saturated rings. The molecule has 0 saturated heterocycles. The van der Waals surface area contributed by atoms with Crippen molar-refractivity contribution in [2.75, 3.05) is 6.61 Å². The summed E-state index contributed by atoms with van der Waals surface area (Å²) in [5.74, 6) is -0.990. The Labute approximate surface area is 71.1 Å². The van der Waals surface area contributed by atoms with E-state index in [4.69, 9.17) is 15.1 Å². The van der Waals surface area contributed by atoms with Crippen LogP contribution in [0, 0.1) is 11.3 Å². The Bertz CT molecular complexity index is 237. The van der Waals surface area contributed by atoms with Crippen LogP contribution in [0.4, 0.5) is 0 Å². The second-order valence-corrected chi connectivity index (χ2v) is 2.00. The van der Waals surface area contributed by atoms with Gasteiger partial charge in [0.15, 0.2) is 5.57 Å². The molecule has 0 amide bonds. The van der Waals surface area contributed by atoms with Gasteiger partial charge in [-0.1, -0.05) is 6.92 Å². The van der Waals surface area contributed by atoms with E-state index in [0.29, 0.717) is 13.0 Å². The predicted octanol–water partition coefficient (Wildman–Crippen LogP) is 1.30. The Balaban J connectivity index is 4.77. The Morgan fingerprint density at radius 2 is 2.17 bits per heavy atom. The van der Waals surface area contributed by atoms with Crippen LogP contribution >= 0.6 is 0 Å². The molecule has 0 bridgehead atoms. The Morgan fingerprint density at radius 3 is 2.42 bits per heavy atom. The first-order valence-electron chi connectivity index (χ1n) is 3.66. The zero-order valence-corrected chi connectivity index (χ0v) is 7.13. The molecule has 0 saturated carbocycles. The van der Waals surface area contributed by atoms with Gasteiger partial charge in [0.25, 0.3) is 0 Å². The van der Waals surface area contributed by atoms with Gasteiger partial charge < -0.3 is 9.84 Å². The maximum Gasteiger partial charge on any atom is 0.349 e. The number of ether oxygens (including phenoxy) is 1. The quantitative estimate of drug-likeness (QED) is 0.391. The summed E-state index contributed by atoms with van der Waals surface area (Å²) in [7, 11) is 0. The molecule has 0 rings (SSSR count). The first-order valence-corrected chi connectivity index (χ1v) is 3.66. The van der Waals surface area contributed by atoms with Gasteiger partial charge in [-0.3, -0.25) is 0 Å². The largest absolute Gasteiger partial charge is 0.497 e. The van der Waals surface area contributed by atoms with Crippen molar-refractivity contribution in [3.05, 3.63) is 11.3 Å². The minimum absolute atomic E-state index is 0.243. The molecular formula is C8H11NO3. The number of nitrogens with zero attached hydrogens (tertiary/aromatic N) is 1. The van der Waals surface area contributed by atoms with Crippen LogP contribution in [-0.4, -0.2) is 17.7 Å². The van der Waals surface area contributed by atoms with Gasteiger partial charge in [0.1, 0.15) is 11.8 Å². The lowest BCUT2D eigenvalue weighted by Crippen LogP contribution is -2.05. The molecule has 0 spiro atoms. The van der Waals surface area contributed by atoms with Crippen LogP contribution in [0.2, 0.25) is 0 Å². The number of nitriles is 1. The lowest BCUT2D eigenvalue weighted by atomic mass is 10.2. The number of rotatable bonds is 4. The van der Waals surface area contributed by atoms with Gasteiger partial charge in [-0.15, -0.1) is 0 Å². The smallest absolute Gasteiger partial charge is 0.349 e. The number of allylic oxidation sites excluding steroid dienone is 1. The van der Waals surface area contributed by atoms with E-state index < -0.39 is 5.97 Å². The Morgan fingerprint density at radius 1 is 1.58 bits per heavy atom. The fourth-order valence-electron chi connectivity index (χ4n) is 0.755. The average molecular weight is 169 g/mol. The maximum absolute atomic E-state index is 10.4. The van der Waals surface area contributed by atoms with Crippen molar-refractivity contribution in [1.29, 1.82) is 5.26 Å². The maximum atomic E-state index is 10.4. The zero-order chi connectivity index (χ0) is 9.56. The minimum Gasteiger partial charge on any atom is -0.497 e. The van der Waals surface area contributed by atoms with Crippen LogP contribution in [0.25, 0.3) is 0 Å². The number of carboxylic acids is 1. The number of hydrogen-bond donors (Lipinski definition) is 1. The van der Waals surface area contributed by atoms with Crippen molar-refractivity contribution < 1.29 is 14.6 Å². The molecule has 0 aromatic rings. The van der Waals surface area contributed by atoms with Crippen molar-refractivity contribution in [2.45, 2.75) is 20.3 Å². The number of aliphatic carboxylic acids is 1. The average Bonchev–Trinajstić information content (AvgIpc) is 2.03. The number of carbonyl (C=O) groups is 1. The van der Waals surface area contributed by atoms with E-state index in [1.165, 1.54) is 0 Å². The molecule has 0 aromatic heterocycles. The molecule has 0 atom stereocenters. The third-order valence-corrected chi connectivity index (χ3v) is 1.24. The van der Waals surface area contributed by atoms with Crippen LogP contribution in [0.15, 0.2) is 11.3 Å². The molecule has 66 valence electrons. The molecular weight excluding hydrogens is 158 g/mol. The Hall–Kier alpha value is -1.50. The summed E-state index contributed by atoms with van der Waals surface area (Å²) in [5.41, 5.74) is -0.306. The van der Waals surface area contributed by atoms with Gasteiger partial charge in [-0.2, -0.15) is 5.26 Å². The van der Waals surface area contributed by atoms with Crippen LogP contribution in [-0.2, 0) is 9.53 Å². The summed E-state index contributed by atoms with van der Waals surface area (Å²) in [6.07, 6.45) is 0.420. The summed E-state index contributed by atoms with van der Waals surface area (Å²) in [6.45, 7) is 3.86. The van der Waals surface area contributed by atoms with E-state index in [2.05, 4.69) is 0 Å². The summed E-state index contributed by atoms with van der Waals surface area (Å²) in [4.78, 5) is 10.4. The molecule has 0 heterocycles. The van der Waals surface area contributed by atoms with Crippen LogP contribution < -0.4 is 0 Å². The second kappa shape index (κ2) is 5.19. The lowest BCUT2D eigenvalue weighted by molar-refractivity contribution is -0.132. The highest BCUT2D eigenvalue weighted by Crippen LogP contribution is 2.09. The van der Waals surface area contributed by atoms with Gasteiger partial charge in [0.2, 0.25) is 0 Å². The number of hydrogen-bond acceptors (Lipinski definition) is 3. The van der Waals surface area contributed by atoms with E-state index in [0.717, 1.165) is 0 Å². The van der Waals surface area contributed by atoms with E-state index in [1.54, 1.807) is 19.9 Å². The molecule has 1 N–H and O–H groups in total. The van der Waals surface area contributed by atoms with Gasteiger partial charge in [0.05, 0.1) is 6.61 Å². The molecule has 0 aromatic carbocycles. The normalized spacial score (nSPS) is 11.4. The molecule has 4 heteroatoms. The lowest BCUT2D eigenvalue weighted by Gasteiger charge is -2.05. The molecule has 0 radical (unpaired) electrons. The molecule has 0 aliphatic heterocycles. The summed E-state index contributed by atoms with van der Waals surface area (Å²) >= 11 is 0. The predicted molar refractivity (Wildman–Crippen MR) is 42.2 cm³/mol. The van der Waals surface area contributed by atoms with E-state index in [1.807, 2.05) is 0 Å². The SMILES string of the molecule is CCO/C(CC)=C(/C#N)C(=O)O. The summed E-state index contributed by atoms with van der Waals surface area (Å²) in [5, 5.41) is 17.0. The highest BCUT2D eigenvalue weighted by molar-refractivity contribution is 5.91. The summed E-state index contributed by atoms with van der Waals surface area (Å²) < 4.78 is 4.98. The van der Waals surface area contributed by atoms with Crippen molar-refractivity contribution in [3.63, 3.8) is 0 Å². The molecule has 0 unspecified atom stereocenters. The first-order chi connectivity index (χ1) is 5.67. The second-order valence-electron chi connectivity index (χ2n) is 2.00. The highest BCUT2D eigenvalue weighted by Gasteiger charge is 2.13. The molecule has 12 heavy (non-hydrogen) atoms.